The number of nitrogen functional groups attached to an aromatic ring is 1. The molecule has 0 atom stereocenters. The van der Waals surface area contributed by atoms with Gasteiger partial charge in [0.1, 0.15) is 0 Å². The van der Waals surface area contributed by atoms with E-state index >= 15 is 0 Å². The molecule has 0 spiro atoms. The number of benzene rings is 1. The molecule has 1 aliphatic carbocycles. The first-order chi connectivity index (χ1) is 11.0. The van der Waals surface area contributed by atoms with Gasteiger partial charge in [0.25, 0.3) is 0 Å². The Labute approximate surface area is 143 Å². The van der Waals surface area contributed by atoms with Crippen molar-refractivity contribution < 1.29 is 4.79 Å². The molecule has 2 fully saturated rings. The summed E-state index contributed by atoms with van der Waals surface area (Å²) in [4.78, 5) is 16.9. The number of carbonyl (C=O) groups is 1. The lowest BCUT2D eigenvalue weighted by Crippen LogP contribution is -2.49. The largest absolute Gasteiger partial charge is 0.398 e. The smallest absolute Gasteiger partial charge is 0.225 e. The summed E-state index contributed by atoms with van der Waals surface area (Å²) in [5, 5.41) is 0.693. The summed E-state index contributed by atoms with van der Waals surface area (Å²) < 4.78 is 0. The molecule has 1 aromatic rings. The van der Waals surface area contributed by atoms with Gasteiger partial charge in [-0.25, -0.2) is 0 Å². The Hall–Kier alpha value is -1.26. The third-order valence-electron chi connectivity index (χ3n) is 5.30. The molecule has 1 saturated heterocycles. The summed E-state index contributed by atoms with van der Waals surface area (Å²) in [6.07, 6.45) is 4.59. The average Bonchev–Trinajstić information content (AvgIpc) is 3.06. The lowest BCUT2D eigenvalue weighted by atomic mass is 10.0. The maximum absolute atomic E-state index is 12.5. The Bertz CT molecular complexity index is 576. The summed E-state index contributed by atoms with van der Waals surface area (Å²) in [5.74, 6) is 0.668. The fourth-order valence-electron chi connectivity index (χ4n) is 3.72. The van der Waals surface area contributed by atoms with E-state index in [1.807, 2.05) is 13.0 Å². The number of hydrogen-bond donors (Lipinski definition) is 1. The van der Waals surface area contributed by atoms with E-state index in [9.17, 15) is 4.79 Å². The third-order valence-corrected chi connectivity index (χ3v) is 5.52. The fraction of sp³-hybridized carbons (Fsp3) is 0.611. The standard InChI is InChI=1S/C18H26ClN3O/c1-13-15(10-16(19)11-17(13)20)12-21-6-8-22(9-7-21)18(23)14-4-2-3-5-14/h10-11,14H,2-9,12,20H2,1H3. The van der Waals surface area contributed by atoms with Crippen molar-refractivity contribution in [1.29, 1.82) is 0 Å². The highest BCUT2D eigenvalue weighted by atomic mass is 35.5. The van der Waals surface area contributed by atoms with Crippen LogP contribution >= 0.6 is 11.6 Å². The summed E-state index contributed by atoms with van der Waals surface area (Å²) in [6.45, 7) is 6.41. The van der Waals surface area contributed by atoms with Crippen molar-refractivity contribution in [2.24, 2.45) is 5.92 Å². The van der Waals surface area contributed by atoms with Crippen LogP contribution in [-0.4, -0.2) is 41.9 Å². The normalized spacial score (nSPS) is 20.2. The SMILES string of the molecule is Cc1c(N)cc(Cl)cc1CN1CCN(C(=O)C2CCCC2)CC1. The monoisotopic (exact) mass is 335 g/mol. The van der Waals surface area contributed by atoms with Gasteiger partial charge in [-0.3, -0.25) is 9.69 Å². The highest BCUT2D eigenvalue weighted by molar-refractivity contribution is 6.31. The minimum Gasteiger partial charge on any atom is -0.398 e. The number of piperazine rings is 1. The molecule has 1 saturated carbocycles. The number of rotatable bonds is 3. The topological polar surface area (TPSA) is 49.6 Å². The Morgan fingerprint density at radius 3 is 2.52 bits per heavy atom. The molecule has 1 aliphatic heterocycles. The average molecular weight is 336 g/mol. The first-order valence-corrected chi connectivity index (χ1v) is 8.98. The zero-order valence-electron chi connectivity index (χ0n) is 13.9. The zero-order chi connectivity index (χ0) is 16.4. The zero-order valence-corrected chi connectivity index (χ0v) is 14.6. The molecule has 0 aromatic heterocycles. The number of hydrogen-bond acceptors (Lipinski definition) is 3. The van der Waals surface area contributed by atoms with E-state index in [4.69, 9.17) is 17.3 Å². The summed E-state index contributed by atoms with van der Waals surface area (Å²) >= 11 is 6.13. The van der Waals surface area contributed by atoms with Crippen LogP contribution in [-0.2, 0) is 11.3 Å². The lowest BCUT2D eigenvalue weighted by molar-refractivity contribution is -0.137. The molecule has 2 aliphatic rings. The van der Waals surface area contributed by atoms with E-state index in [2.05, 4.69) is 9.80 Å². The molecule has 0 bridgehead atoms. The fourth-order valence-corrected chi connectivity index (χ4v) is 3.97. The van der Waals surface area contributed by atoms with Gasteiger partial charge < -0.3 is 10.6 Å². The van der Waals surface area contributed by atoms with Crippen LogP contribution in [0.3, 0.4) is 0 Å². The van der Waals surface area contributed by atoms with Crippen molar-refractivity contribution in [2.75, 3.05) is 31.9 Å². The van der Waals surface area contributed by atoms with Crippen LogP contribution in [0.1, 0.15) is 36.8 Å². The van der Waals surface area contributed by atoms with E-state index in [0.717, 1.165) is 56.8 Å². The minimum atomic E-state index is 0.288. The highest BCUT2D eigenvalue weighted by Gasteiger charge is 2.29. The molecule has 3 rings (SSSR count). The van der Waals surface area contributed by atoms with Gasteiger partial charge in [-0.2, -0.15) is 0 Å². The van der Waals surface area contributed by atoms with Gasteiger partial charge in [0.2, 0.25) is 5.91 Å². The molecule has 126 valence electrons. The maximum atomic E-state index is 12.5. The van der Waals surface area contributed by atoms with Gasteiger partial charge >= 0.3 is 0 Å². The summed E-state index contributed by atoms with van der Waals surface area (Å²) in [5.41, 5.74) is 9.05. The molecule has 1 amide bonds. The number of amides is 1. The first kappa shape index (κ1) is 16.6. The van der Waals surface area contributed by atoms with Gasteiger partial charge in [-0.15, -0.1) is 0 Å². The van der Waals surface area contributed by atoms with E-state index in [1.165, 1.54) is 18.4 Å². The van der Waals surface area contributed by atoms with Crippen LogP contribution in [0.2, 0.25) is 5.02 Å². The number of carbonyl (C=O) groups excluding carboxylic acids is 1. The summed E-state index contributed by atoms with van der Waals surface area (Å²) in [7, 11) is 0. The van der Waals surface area contributed by atoms with Crippen molar-refractivity contribution in [2.45, 2.75) is 39.2 Å². The summed E-state index contributed by atoms with van der Waals surface area (Å²) in [6, 6.07) is 3.81. The minimum absolute atomic E-state index is 0.288. The number of anilines is 1. The number of nitrogens with two attached hydrogens (primary N) is 1. The van der Waals surface area contributed by atoms with Crippen LogP contribution in [0, 0.1) is 12.8 Å². The van der Waals surface area contributed by atoms with Gasteiger partial charge in [-0.1, -0.05) is 24.4 Å². The molecule has 2 N–H and O–H groups in total. The van der Waals surface area contributed by atoms with E-state index < -0.39 is 0 Å². The molecule has 4 nitrogen and oxygen atoms in total. The molecular weight excluding hydrogens is 310 g/mol. The molecular formula is C18H26ClN3O. The first-order valence-electron chi connectivity index (χ1n) is 8.60. The van der Waals surface area contributed by atoms with Crippen molar-refractivity contribution >= 4 is 23.2 Å². The van der Waals surface area contributed by atoms with Gasteiger partial charge in [0.15, 0.2) is 0 Å². The van der Waals surface area contributed by atoms with E-state index in [0.29, 0.717) is 10.9 Å². The Morgan fingerprint density at radius 1 is 1.22 bits per heavy atom. The number of nitrogens with zero attached hydrogens (tertiary/aromatic N) is 2. The van der Waals surface area contributed by atoms with Crippen molar-refractivity contribution in [3.63, 3.8) is 0 Å². The van der Waals surface area contributed by atoms with Crippen LogP contribution in [0.5, 0.6) is 0 Å². The van der Waals surface area contributed by atoms with Crippen LogP contribution < -0.4 is 5.73 Å². The van der Waals surface area contributed by atoms with E-state index in [-0.39, 0.29) is 5.92 Å². The highest BCUT2D eigenvalue weighted by Crippen LogP contribution is 2.27. The van der Waals surface area contributed by atoms with Crippen molar-refractivity contribution in [3.8, 4) is 0 Å². The second-order valence-electron chi connectivity index (χ2n) is 6.86. The predicted molar refractivity (Wildman–Crippen MR) is 94.4 cm³/mol. The van der Waals surface area contributed by atoms with Crippen molar-refractivity contribution in [3.05, 3.63) is 28.3 Å². The second-order valence-corrected chi connectivity index (χ2v) is 7.30. The predicted octanol–water partition coefficient (Wildman–Crippen LogP) is 3.07. The number of halogens is 1. The maximum Gasteiger partial charge on any atom is 0.225 e. The molecule has 1 heterocycles. The van der Waals surface area contributed by atoms with Crippen LogP contribution in [0.15, 0.2) is 12.1 Å². The Morgan fingerprint density at radius 2 is 1.87 bits per heavy atom. The second kappa shape index (κ2) is 7.10. The van der Waals surface area contributed by atoms with E-state index in [1.54, 1.807) is 6.07 Å². The Kier molecular flexibility index (Phi) is 5.12. The van der Waals surface area contributed by atoms with Crippen LogP contribution in [0.25, 0.3) is 0 Å². The molecule has 5 heteroatoms. The van der Waals surface area contributed by atoms with Crippen molar-refractivity contribution in [1.82, 2.24) is 9.80 Å². The molecule has 1 aromatic carbocycles. The van der Waals surface area contributed by atoms with Gasteiger partial charge in [-0.05, 0) is 43.0 Å². The molecule has 0 radical (unpaired) electrons. The Balaban J connectivity index is 1.56. The lowest BCUT2D eigenvalue weighted by Gasteiger charge is -2.36. The van der Waals surface area contributed by atoms with Gasteiger partial charge in [0.05, 0.1) is 0 Å². The quantitative estimate of drug-likeness (QED) is 0.864. The molecule has 0 unspecified atom stereocenters. The van der Waals surface area contributed by atoms with Crippen LogP contribution in [0.4, 0.5) is 5.69 Å². The third kappa shape index (κ3) is 3.81. The molecule has 23 heavy (non-hydrogen) atoms. The van der Waals surface area contributed by atoms with Gasteiger partial charge in [0, 0.05) is 49.4 Å².